The van der Waals surface area contributed by atoms with Crippen molar-refractivity contribution in [1.29, 1.82) is 0 Å². The fourth-order valence-corrected chi connectivity index (χ4v) is 3.26. The molecule has 0 atom stereocenters. The number of benzene rings is 1. The third-order valence-electron chi connectivity index (χ3n) is 4.31. The van der Waals surface area contributed by atoms with Crippen molar-refractivity contribution in [3.05, 3.63) is 29.8 Å². The van der Waals surface area contributed by atoms with E-state index in [1.54, 1.807) is 0 Å². The molecule has 1 aliphatic carbocycles. The summed E-state index contributed by atoms with van der Waals surface area (Å²) in [5, 5.41) is 3.70. The van der Waals surface area contributed by atoms with E-state index in [9.17, 15) is 13.6 Å². The van der Waals surface area contributed by atoms with E-state index in [0.29, 0.717) is 18.6 Å². The third-order valence-corrected chi connectivity index (χ3v) is 4.87. The number of hydrogen-bond donors (Lipinski definition) is 1. The van der Waals surface area contributed by atoms with Crippen LogP contribution in [0, 0.1) is 17.6 Å². The number of halogens is 3. The molecule has 0 saturated heterocycles. The van der Waals surface area contributed by atoms with Crippen molar-refractivity contribution < 1.29 is 23.0 Å². The maximum Gasteiger partial charge on any atom is 0.412 e. The molecule has 0 unspecified atom stereocenters. The molecule has 0 spiro atoms. The molecule has 0 aliphatic heterocycles. The molecule has 1 saturated carbocycles. The lowest BCUT2D eigenvalue weighted by Gasteiger charge is -2.28. The number of amides is 1. The topological polar surface area (TPSA) is 47.6 Å². The van der Waals surface area contributed by atoms with Crippen LogP contribution in [-0.2, 0) is 4.74 Å². The molecule has 0 heterocycles. The SMILES string of the molecule is O=C(NCC1CCC(OCCCCBr)CC1)Oc1ccc(F)c(F)c1. The minimum absolute atomic E-state index is 0.0167. The predicted octanol–water partition coefficient (Wildman–Crippen LogP) is 4.80. The molecule has 0 bridgehead atoms. The average Bonchev–Trinajstić information content (AvgIpc) is 2.61. The van der Waals surface area contributed by atoms with Crippen molar-refractivity contribution in [2.75, 3.05) is 18.5 Å². The van der Waals surface area contributed by atoms with Crippen LogP contribution < -0.4 is 10.1 Å². The summed E-state index contributed by atoms with van der Waals surface area (Å²) in [6, 6.07) is 3.00. The molecule has 1 aromatic rings. The van der Waals surface area contributed by atoms with E-state index in [1.165, 1.54) is 6.07 Å². The molecule has 1 amide bonds. The maximum absolute atomic E-state index is 13.1. The molecule has 1 aliphatic rings. The fourth-order valence-electron chi connectivity index (χ4n) is 2.86. The molecule has 0 radical (unpaired) electrons. The first-order valence-electron chi connectivity index (χ1n) is 8.66. The molecular weight excluding hydrogens is 396 g/mol. The number of carbonyl (C=O) groups excluding carboxylic acids is 1. The first kappa shape index (κ1) is 20.1. The van der Waals surface area contributed by atoms with Gasteiger partial charge in [0.1, 0.15) is 5.75 Å². The highest BCUT2D eigenvalue weighted by molar-refractivity contribution is 9.09. The lowest BCUT2D eigenvalue weighted by Crippen LogP contribution is -2.34. The number of ether oxygens (including phenoxy) is 2. The van der Waals surface area contributed by atoms with E-state index >= 15 is 0 Å². The first-order chi connectivity index (χ1) is 12.1. The lowest BCUT2D eigenvalue weighted by molar-refractivity contribution is 0.0170. The van der Waals surface area contributed by atoms with Crippen molar-refractivity contribution in [3.8, 4) is 5.75 Å². The molecule has 2 rings (SSSR count). The summed E-state index contributed by atoms with van der Waals surface area (Å²) in [4.78, 5) is 11.7. The van der Waals surface area contributed by atoms with E-state index in [4.69, 9.17) is 9.47 Å². The van der Waals surface area contributed by atoms with Crippen LogP contribution in [0.15, 0.2) is 18.2 Å². The van der Waals surface area contributed by atoms with Crippen molar-refractivity contribution in [3.63, 3.8) is 0 Å². The average molecular weight is 420 g/mol. The van der Waals surface area contributed by atoms with Crippen molar-refractivity contribution in [2.45, 2.75) is 44.6 Å². The van der Waals surface area contributed by atoms with Crippen LogP contribution in [0.1, 0.15) is 38.5 Å². The number of hydrogen-bond acceptors (Lipinski definition) is 3. The van der Waals surface area contributed by atoms with Gasteiger partial charge in [-0.1, -0.05) is 15.9 Å². The second kappa shape index (κ2) is 10.7. The zero-order chi connectivity index (χ0) is 18.1. The molecule has 1 N–H and O–H groups in total. The smallest absolute Gasteiger partial charge is 0.410 e. The van der Waals surface area contributed by atoms with Gasteiger partial charge in [0.15, 0.2) is 11.6 Å². The van der Waals surface area contributed by atoms with E-state index in [2.05, 4.69) is 21.2 Å². The van der Waals surface area contributed by atoms with Gasteiger partial charge in [-0.25, -0.2) is 13.6 Å². The highest BCUT2D eigenvalue weighted by atomic mass is 79.9. The molecule has 140 valence electrons. The van der Waals surface area contributed by atoms with Gasteiger partial charge in [0.2, 0.25) is 0 Å². The number of rotatable bonds is 8. The molecule has 1 aromatic carbocycles. The van der Waals surface area contributed by atoms with Gasteiger partial charge in [-0.2, -0.15) is 0 Å². The Bertz CT molecular complexity index is 551. The third kappa shape index (κ3) is 7.28. The highest BCUT2D eigenvalue weighted by Crippen LogP contribution is 2.26. The molecule has 0 aromatic heterocycles. The largest absolute Gasteiger partial charge is 0.412 e. The Morgan fingerprint density at radius 2 is 1.92 bits per heavy atom. The quantitative estimate of drug-likeness (QED) is 0.485. The number of carbonyl (C=O) groups is 1. The van der Waals surface area contributed by atoms with E-state index < -0.39 is 17.7 Å². The van der Waals surface area contributed by atoms with Crippen molar-refractivity contribution in [2.24, 2.45) is 5.92 Å². The van der Waals surface area contributed by atoms with Crippen molar-refractivity contribution in [1.82, 2.24) is 5.32 Å². The maximum atomic E-state index is 13.1. The van der Waals surface area contributed by atoms with Gasteiger partial charge in [-0.05, 0) is 56.6 Å². The Kier molecular flexibility index (Phi) is 8.61. The second-order valence-corrected chi connectivity index (χ2v) is 7.05. The Balaban J connectivity index is 1.62. The van der Waals surface area contributed by atoms with Crippen molar-refractivity contribution >= 4 is 22.0 Å². The summed E-state index contributed by atoms with van der Waals surface area (Å²) in [5.74, 6) is -1.64. The Hall–Kier alpha value is -1.21. The van der Waals surface area contributed by atoms with Gasteiger partial charge in [0.05, 0.1) is 6.10 Å². The van der Waals surface area contributed by atoms with Gasteiger partial charge >= 0.3 is 6.09 Å². The zero-order valence-electron chi connectivity index (χ0n) is 14.1. The first-order valence-corrected chi connectivity index (χ1v) is 9.79. The van der Waals surface area contributed by atoms with Crippen LogP contribution in [0.5, 0.6) is 5.75 Å². The summed E-state index contributed by atoms with van der Waals surface area (Å²) in [6.45, 7) is 1.32. The summed E-state index contributed by atoms with van der Waals surface area (Å²) >= 11 is 3.40. The standard InChI is InChI=1S/C18H24BrF2NO3/c19-9-1-2-10-24-14-5-3-13(4-6-14)12-22-18(23)25-15-7-8-16(20)17(21)11-15/h7-8,11,13-14H,1-6,9-10,12H2,(H,22,23). The van der Waals surface area contributed by atoms with Crippen LogP contribution in [0.3, 0.4) is 0 Å². The Morgan fingerprint density at radius 1 is 1.16 bits per heavy atom. The number of alkyl halides is 1. The van der Waals surface area contributed by atoms with Crippen LogP contribution in [0.25, 0.3) is 0 Å². The minimum Gasteiger partial charge on any atom is -0.410 e. The van der Waals surface area contributed by atoms with Gasteiger partial charge in [0, 0.05) is 24.5 Å². The molecule has 4 nitrogen and oxygen atoms in total. The van der Waals surface area contributed by atoms with Gasteiger partial charge in [-0.15, -0.1) is 0 Å². The predicted molar refractivity (Wildman–Crippen MR) is 95.1 cm³/mol. The summed E-state index contributed by atoms with van der Waals surface area (Å²) in [5.41, 5.74) is 0. The van der Waals surface area contributed by atoms with Gasteiger partial charge < -0.3 is 14.8 Å². The normalized spacial score (nSPS) is 20.3. The Labute approximate surface area is 155 Å². The van der Waals surface area contributed by atoms with Crippen LogP contribution in [0.4, 0.5) is 13.6 Å². The van der Waals surface area contributed by atoms with Crippen LogP contribution in [0.2, 0.25) is 0 Å². The minimum atomic E-state index is -1.04. The summed E-state index contributed by atoms with van der Waals surface area (Å²) < 4.78 is 36.7. The van der Waals surface area contributed by atoms with E-state index in [-0.39, 0.29) is 5.75 Å². The zero-order valence-corrected chi connectivity index (χ0v) is 15.7. The number of nitrogens with one attached hydrogen (secondary N) is 1. The molecule has 7 heteroatoms. The molecular formula is C18H24BrF2NO3. The number of unbranched alkanes of at least 4 members (excludes halogenated alkanes) is 1. The highest BCUT2D eigenvalue weighted by Gasteiger charge is 2.22. The monoisotopic (exact) mass is 419 g/mol. The van der Waals surface area contributed by atoms with E-state index in [0.717, 1.165) is 62.6 Å². The molecule has 1 fully saturated rings. The second-order valence-electron chi connectivity index (χ2n) is 6.26. The summed E-state index contributed by atoms with van der Waals surface area (Å²) in [7, 11) is 0. The van der Waals surface area contributed by atoms with Gasteiger partial charge in [-0.3, -0.25) is 0 Å². The lowest BCUT2D eigenvalue weighted by atomic mass is 9.87. The van der Waals surface area contributed by atoms with Crippen LogP contribution in [-0.4, -0.2) is 30.7 Å². The van der Waals surface area contributed by atoms with E-state index in [1.807, 2.05) is 0 Å². The fraction of sp³-hybridized carbons (Fsp3) is 0.611. The van der Waals surface area contributed by atoms with Gasteiger partial charge in [0.25, 0.3) is 0 Å². The summed E-state index contributed by atoms with van der Waals surface area (Å²) in [6.07, 6.45) is 5.85. The van der Waals surface area contributed by atoms with Crippen LogP contribution >= 0.6 is 15.9 Å². The molecule has 25 heavy (non-hydrogen) atoms. The Morgan fingerprint density at radius 3 is 2.60 bits per heavy atom.